The topological polar surface area (TPSA) is 109 Å². The average Bonchev–Trinajstić information content (AvgIpc) is 2.87. The smallest absolute Gasteiger partial charge is 0.404 e. The van der Waals surface area contributed by atoms with Gasteiger partial charge >= 0.3 is 6.09 Å². The van der Waals surface area contributed by atoms with Crippen molar-refractivity contribution in [1.29, 1.82) is 0 Å². The molecule has 2 saturated heterocycles. The number of ether oxygens (including phenoxy) is 4. The van der Waals surface area contributed by atoms with Crippen molar-refractivity contribution in [3.05, 3.63) is 77.5 Å². The van der Waals surface area contributed by atoms with E-state index in [-0.39, 0.29) is 28.7 Å². The van der Waals surface area contributed by atoms with Gasteiger partial charge in [0.05, 0.1) is 18.6 Å². The van der Waals surface area contributed by atoms with Crippen LogP contribution in [0.15, 0.2) is 54.9 Å². The Balaban J connectivity index is 1.06. The third-order valence-electron chi connectivity index (χ3n) is 8.45. The first-order chi connectivity index (χ1) is 19.6. The molecule has 3 heterocycles. The molecule has 216 valence electrons. The van der Waals surface area contributed by atoms with Gasteiger partial charge in [0.25, 0.3) is 0 Å². The Morgan fingerprint density at radius 1 is 1.02 bits per heavy atom. The van der Waals surface area contributed by atoms with Crippen molar-refractivity contribution >= 4 is 11.9 Å². The van der Waals surface area contributed by atoms with Crippen LogP contribution in [0.4, 0.5) is 15.0 Å². The number of carbonyl (C=O) groups is 1. The second-order valence-corrected chi connectivity index (χ2v) is 11.9. The monoisotopic (exact) mass is 562 g/mol. The number of aromatic nitrogens is 2. The third kappa shape index (κ3) is 5.40. The zero-order chi connectivity index (χ0) is 28.8. The Kier molecular flexibility index (Phi) is 6.97. The summed E-state index contributed by atoms with van der Waals surface area (Å²) < 4.78 is 37.7. The largest absolute Gasteiger partial charge is 0.490 e. The molecule has 1 amide bonds. The molecule has 10 heteroatoms. The van der Waals surface area contributed by atoms with Gasteiger partial charge in [-0.25, -0.2) is 19.2 Å². The van der Waals surface area contributed by atoms with Crippen LogP contribution in [0.1, 0.15) is 56.5 Å². The molecule has 3 fully saturated rings. The number of benzene rings is 2. The molecule has 1 aromatic heterocycles. The minimum absolute atomic E-state index is 0.0146. The van der Waals surface area contributed by atoms with Crippen molar-refractivity contribution in [3.63, 3.8) is 0 Å². The quantitative estimate of drug-likeness (QED) is 0.391. The molecule has 6 rings (SSSR count). The van der Waals surface area contributed by atoms with Gasteiger partial charge < -0.3 is 29.6 Å². The Morgan fingerprint density at radius 3 is 2.20 bits per heavy atom. The average molecular weight is 563 g/mol. The minimum Gasteiger partial charge on any atom is -0.490 e. The number of amides is 1. The summed E-state index contributed by atoms with van der Waals surface area (Å²) in [5, 5.41) is 0. The Morgan fingerprint density at radius 2 is 1.63 bits per heavy atom. The lowest BCUT2D eigenvalue weighted by atomic mass is 9.78. The number of halogens is 1. The molecule has 9 nitrogen and oxygen atoms in total. The number of carbonyl (C=O) groups excluding carboxylic acids is 1. The summed E-state index contributed by atoms with van der Waals surface area (Å²) in [7, 11) is 0. The van der Waals surface area contributed by atoms with Gasteiger partial charge in [0.2, 0.25) is 0 Å². The zero-order valence-electron chi connectivity index (χ0n) is 23.5. The molecule has 3 aliphatic rings. The van der Waals surface area contributed by atoms with Crippen LogP contribution >= 0.6 is 0 Å². The number of nitrogens with two attached hydrogens (primary N) is 1. The molecule has 2 aliphatic heterocycles. The molecule has 41 heavy (non-hydrogen) atoms. The number of rotatable bonds is 9. The second-order valence-electron chi connectivity index (χ2n) is 11.9. The van der Waals surface area contributed by atoms with Crippen LogP contribution < -0.4 is 20.1 Å². The summed E-state index contributed by atoms with van der Waals surface area (Å²) >= 11 is 0. The van der Waals surface area contributed by atoms with Gasteiger partial charge in [-0.05, 0) is 42.3 Å². The molecule has 1 saturated carbocycles. The minimum atomic E-state index is -0.747. The van der Waals surface area contributed by atoms with Gasteiger partial charge in [-0.3, -0.25) is 0 Å². The van der Waals surface area contributed by atoms with E-state index in [1.54, 1.807) is 6.92 Å². The highest BCUT2D eigenvalue weighted by molar-refractivity contribution is 5.64. The van der Waals surface area contributed by atoms with Crippen LogP contribution in [0.5, 0.6) is 11.5 Å². The van der Waals surface area contributed by atoms with E-state index in [4.69, 9.17) is 24.7 Å². The lowest BCUT2D eigenvalue weighted by molar-refractivity contribution is -0.127. The van der Waals surface area contributed by atoms with E-state index in [1.807, 2.05) is 41.3 Å². The fourth-order valence-electron chi connectivity index (χ4n) is 5.76. The maximum absolute atomic E-state index is 15.4. The number of nitrogens with zero attached hydrogens (tertiary/aromatic N) is 3. The van der Waals surface area contributed by atoms with Crippen molar-refractivity contribution in [1.82, 2.24) is 9.97 Å². The Bertz CT molecular complexity index is 1400. The van der Waals surface area contributed by atoms with Gasteiger partial charge in [0.1, 0.15) is 41.8 Å². The standard InChI is InChI=1S/C31H35FN4O5/c1-19(27-26(32)28(35-18-34-27)36-14-31(15-36)16-38-17-31)39-22-8-4-20(5-9-22)30(2,3)21-6-10-23(11-7-21)40-24-12-25(13-24)41-29(33)37/h4-11,18-19,24-25H,12-17H2,1-3H3,(H2,33,37). The van der Waals surface area contributed by atoms with Crippen LogP contribution in [0.3, 0.4) is 0 Å². The summed E-state index contributed by atoms with van der Waals surface area (Å²) in [6.07, 6.45) is 1.21. The van der Waals surface area contributed by atoms with Crippen LogP contribution in [-0.2, 0) is 14.9 Å². The summed E-state index contributed by atoms with van der Waals surface area (Å²) in [5.41, 5.74) is 7.44. The third-order valence-corrected chi connectivity index (χ3v) is 8.45. The summed E-state index contributed by atoms with van der Waals surface area (Å²) in [6.45, 7) is 9.07. The molecular formula is C31H35FN4O5. The van der Waals surface area contributed by atoms with Crippen molar-refractivity contribution < 1.29 is 28.1 Å². The van der Waals surface area contributed by atoms with E-state index in [9.17, 15) is 4.79 Å². The maximum Gasteiger partial charge on any atom is 0.404 e. The van der Waals surface area contributed by atoms with Crippen molar-refractivity contribution in [2.45, 2.75) is 57.3 Å². The van der Waals surface area contributed by atoms with E-state index in [1.165, 1.54) is 6.33 Å². The Hall–Kier alpha value is -3.92. The van der Waals surface area contributed by atoms with Crippen molar-refractivity contribution in [2.75, 3.05) is 31.2 Å². The molecule has 1 spiro atoms. The highest BCUT2D eigenvalue weighted by Gasteiger charge is 2.50. The van der Waals surface area contributed by atoms with E-state index < -0.39 is 18.0 Å². The number of anilines is 1. The van der Waals surface area contributed by atoms with E-state index in [0.29, 0.717) is 24.4 Å². The molecule has 0 radical (unpaired) electrons. The van der Waals surface area contributed by atoms with Crippen LogP contribution in [0, 0.1) is 11.2 Å². The summed E-state index contributed by atoms with van der Waals surface area (Å²) in [6, 6.07) is 15.9. The molecule has 1 aliphatic carbocycles. The van der Waals surface area contributed by atoms with E-state index in [0.717, 1.165) is 43.2 Å². The van der Waals surface area contributed by atoms with E-state index in [2.05, 4.69) is 35.9 Å². The van der Waals surface area contributed by atoms with Gasteiger partial charge in [-0.15, -0.1) is 0 Å². The SMILES string of the molecule is CC(Oc1ccc(C(C)(C)c2ccc(OC3CC(OC(N)=O)C3)cc2)cc1)c1ncnc(N2CC3(COC3)C2)c1F. The van der Waals surface area contributed by atoms with Crippen LogP contribution in [-0.4, -0.2) is 54.6 Å². The first-order valence-corrected chi connectivity index (χ1v) is 14.0. The summed E-state index contributed by atoms with van der Waals surface area (Å²) in [5.74, 6) is 1.30. The molecule has 2 aromatic carbocycles. The van der Waals surface area contributed by atoms with Gasteiger partial charge in [0.15, 0.2) is 11.6 Å². The molecular weight excluding hydrogens is 527 g/mol. The van der Waals surface area contributed by atoms with E-state index >= 15 is 4.39 Å². The lowest BCUT2D eigenvalue weighted by Crippen LogP contribution is -2.66. The fraction of sp³-hybridized carbons (Fsp3) is 0.452. The number of primary amides is 1. The summed E-state index contributed by atoms with van der Waals surface area (Å²) in [4.78, 5) is 21.2. The maximum atomic E-state index is 15.4. The molecule has 1 unspecified atom stereocenters. The number of hydrogen-bond donors (Lipinski definition) is 1. The van der Waals surface area contributed by atoms with Gasteiger partial charge in [-0.1, -0.05) is 38.1 Å². The van der Waals surface area contributed by atoms with Crippen LogP contribution in [0.25, 0.3) is 0 Å². The predicted octanol–water partition coefficient (Wildman–Crippen LogP) is 4.92. The second kappa shape index (κ2) is 10.5. The first kappa shape index (κ1) is 27.3. The highest BCUT2D eigenvalue weighted by Crippen LogP contribution is 2.41. The predicted molar refractivity (Wildman–Crippen MR) is 150 cm³/mol. The molecule has 3 aromatic rings. The Labute approximate surface area is 238 Å². The molecule has 2 N–H and O–H groups in total. The number of hydrogen-bond acceptors (Lipinski definition) is 8. The molecule has 1 atom stereocenters. The molecule has 0 bridgehead atoms. The highest BCUT2D eigenvalue weighted by atomic mass is 19.1. The zero-order valence-corrected chi connectivity index (χ0v) is 23.5. The van der Waals surface area contributed by atoms with Crippen LogP contribution in [0.2, 0.25) is 0 Å². The lowest BCUT2D eigenvalue weighted by Gasteiger charge is -2.55. The first-order valence-electron chi connectivity index (χ1n) is 14.0. The fourth-order valence-corrected chi connectivity index (χ4v) is 5.76. The van der Waals surface area contributed by atoms with Gasteiger partial charge in [0, 0.05) is 31.3 Å². The van der Waals surface area contributed by atoms with Crippen molar-refractivity contribution in [3.8, 4) is 11.5 Å². The van der Waals surface area contributed by atoms with Gasteiger partial charge in [-0.2, -0.15) is 0 Å². The normalized spacial score (nSPS) is 21.7. The van der Waals surface area contributed by atoms with Crippen molar-refractivity contribution in [2.24, 2.45) is 11.1 Å².